The maximum Gasteiger partial charge on any atom is 0.306 e. The first-order valence-corrected chi connectivity index (χ1v) is 6.87. The first-order valence-electron chi connectivity index (χ1n) is 6.87. The molecule has 108 valence electrons. The van der Waals surface area contributed by atoms with Crippen molar-refractivity contribution in [1.82, 2.24) is 10.2 Å². The zero-order valence-electron chi connectivity index (χ0n) is 11.5. The largest absolute Gasteiger partial charge is 0.481 e. The Bertz CT molecular complexity index is 355. The molecule has 0 aromatic heterocycles. The third-order valence-corrected chi connectivity index (χ3v) is 4.18. The number of nitrogens with zero attached hydrogens (tertiary/aromatic N) is 1. The summed E-state index contributed by atoms with van der Waals surface area (Å²) in [6, 6.07) is 0.0912. The maximum atomic E-state index is 12.3. The smallest absolute Gasteiger partial charge is 0.306 e. The summed E-state index contributed by atoms with van der Waals surface area (Å²) in [6.07, 6.45) is 0. The van der Waals surface area contributed by atoms with Crippen LogP contribution in [0.5, 0.6) is 0 Å². The van der Waals surface area contributed by atoms with Crippen molar-refractivity contribution in [3.05, 3.63) is 0 Å². The molecular formula is C13H22N2O4. The highest BCUT2D eigenvalue weighted by Gasteiger charge is 2.42. The molecule has 0 aromatic carbocycles. The number of carboxylic acid groups (broad SMARTS) is 1. The van der Waals surface area contributed by atoms with Crippen LogP contribution in [0.2, 0.25) is 0 Å². The lowest BCUT2D eigenvalue weighted by Gasteiger charge is -2.42. The molecule has 2 N–H and O–H groups in total. The highest BCUT2D eigenvalue weighted by atomic mass is 16.5. The number of aliphatic carboxylic acids is 1. The first kappa shape index (κ1) is 14.3. The van der Waals surface area contributed by atoms with Gasteiger partial charge in [-0.3, -0.25) is 9.59 Å². The Hall–Kier alpha value is -1.14. The van der Waals surface area contributed by atoms with Crippen molar-refractivity contribution in [1.29, 1.82) is 0 Å². The lowest BCUT2D eigenvalue weighted by atomic mass is 9.85. The standard InChI is InChI=1S/C13H22N2O4/c1-3-14-11-7-19-6-10(11)12(16)15-4-9(5-15)8(2)13(17)18/h8-11,14H,3-7H2,1-2H3,(H,17,18). The molecule has 0 aromatic rings. The molecule has 2 aliphatic rings. The van der Waals surface area contributed by atoms with Crippen molar-refractivity contribution in [3.8, 4) is 0 Å². The summed E-state index contributed by atoms with van der Waals surface area (Å²) >= 11 is 0. The van der Waals surface area contributed by atoms with Gasteiger partial charge in [-0.25, -0.2) is 0 Å². The summed E-state index contributed by atoms with van der Waals surface area (Å²) in [5.74, 6) is -1.11. The third kappa shape index (κ3) is 2.90. The average Bonchev–Trinajstić information content (AvgIpc) is 2.75. The van der Waals surface area contributed by atoms with Crippen molar-refractivity contribution in [2.24, 2.45) is 17.8 Å². The quantitative estimate of drug-likeness (QED) is 0.722. The minimum absolute atomic E-state index is 0.0846. The van der Waals surface area contributed by atoms with E-state index in [1.165, 1.54) is 0 Å². The van der Waals surface area contributed by atoms with Crippen molar-refractivity contribution in [2.45, 2.75) is 19.9 Å². The lowest BCUT2D eigenvalue weighted by molar-refractivity contribution is -0.152. The van der Waals surface area contributed by atoms with Crippen LogP contribution in [-0.4, -0.2) is 60.8 Å². The van der Waals surface area contributed by atoms with Gasteiger partial charge in [0.25, 0.3) is 0 Å². The Morgan fingerprint density at radius 2 is 2.11 bits per heavy atom. The molecule has 2 saturated heterocycles. The molecular weight excluding hydrogens is 248 g/mol. The van der Waals surface area contributed by atoms with Gasteiger partial charge in [0, 0.05) is 25.0 Å². The minimum Gasteiger partial charge on any atom is -0.481 e. The molecule has 6 heteroatoms. The van der Waals surface area contributed by atoms with Crippen molar-refractivity contribution >= 4 is 11.9 Å². The van der Waals surface area contributed by atoms with Crippen LogP contribution in [0.3, 0.4) is 0 Å². The molecule has 0 spiro atoms. The van der Waals surface area contributed by atoms with Crippen LogP contribution in [0.25, 0.3) is 0 Å². The summed E-state index contributed by atoms with van der Waals surface area (Å²) in [6.45, 7) is 6.68. The van der Waals surface area contributed by atoms with E-state index in [1.54, 1.807) is 11.8 Å². The fraction of sp³-hybridized carbons (Fsp3) is 0.846. The summed E-state index contributed by atoms with van der Waals surface area (Å²) in [4.78, 5) is 24.9. The van der Waals surface area contributed by atoms with Crippen LogP contribution in [0.15, 0.2) is 0 Å². The minimum atomic E-state index is -0.785. The molecule has 2 rings (SSSR count). The van der Waals surface area contributed by atoms with Crippen LogP contribution in [0.1, 0.15) is 13.8 Å². The van der Waals surface area contributed by atoms with Gasteiger partial charge >= 0.3 is 5.97 Å². The molecule has 3 unspecified atom stereocenters. The van der Waals surface area contributed by atoms with Gasteiger partial charge in [0.1, 0.15) is 0 Å². The van der Waals surface area contributed by atoms with Gasteiger partial charge in [0.2, 0.25) is 5.91 Å². The van der Waals surface area contributed by atoms with E-state index in [0.29, 0.717) is 26.3 Å². The summed E-state index contributed by atoms with van der Waals surface area (Å²) < 4.78 is 5.37. The summed E-state index contributed by atoms with van der Waals surface area (Å²) in [7, 11) is 0. The normalized spacial score (nSPS) is 29.1. The number of hydrogen-bond acceptors (Lipinski definition) is 4. The van der Waals surface area contributed by atoms with E-state index < -0.39 is 5.97 Å². The Morgan fingerprint density at radius 3 is 2.68 bits per heavy atom. The number of ether oxygens (including phenoxy) is 1. The predicted octanol–water partition coefficient (Wildman–Crippen LogP) is -0.210. The summed E-state index contributed by atoms with van der Waals surface area (Å²) in [5, 5.41) is 12.2. The van der Waals surface area contributed by atoms with E-state index in [9.17, 15) is 9.59 Å². The van der Waals surface area contributed by atoms with Crippen LogP contribution >= 0.6 is 0 Å². The predicted molar refractivity (Wildman–Crippen MR) is 68.6 cm³/mol. The van der Waals surface area contributed by atoms with E-state index in [2.05, 4.69) is 5.32 Å². The highest BCUT2D eigenvalue weighted by Crippen LogP contribution is 2.27. The number of carbonyl (C=O) groups excluding carboxylic acids is 1. The van der Waals surface area contributed by atoms with Gasteiger partial charge in [-0.2, -0.15) is 0 Å². The lowest BCUT2D eigenvalue weighted by Crippen LogP contribution is -2.57. The Labute approximate surface area is 113 Å². The molecule has 19 heavy (non-hydrogen) atoms. The van der Waals surface area contributed by atoms with Crippen LogP contribution in [-0.2, 0) is 14.3 Å². The van der Waals surface area contributed by atoms with E-state index >= 15 is 0 Å². The topological polar surface area (TPSA) is 78.9 Å². The first-order chi connectivity index (χ1) is 9.04. The zero-order chi connectivity index (χ0) is 14.0. The van der Waals surface area contributed by atoms with Gasteiger partial charge in [0.05, 0.1) is 25.0 Å². The van der Waals surface area contributed by atoms with Gasteiger partial charge in [-0.05, 0) is 6.54 Å². The number of rotatable bonds is 5. The number of carbonyl (C=O) groups is 2. The van der Waals surface area contributed by atoms with Gasteiger partial charge in [-0.1, -0.05) is 13.8 Å². The number of likely N-dealkylation sites (tertiary alicyclic amines) is 1. The fourth-order valence-corrected chi connectivity index (χ4v) is 2.71. The Balaban J connectivity index is 1.84. The molecule has 0 aliphatic carbocycles. The Morgan fingerprint density at radius 1 is 1.42 bits per heavy atom. The van der Waals surface area contributed by atoms with Gasteiger partial charge in [-0.15, -0.1) is 0 Å². The monoisotopic (exact) mass is 270 g/mol. The van der Waals surface area contributed by atoms with E-state index in [-0.39, 0.29) is 29.7 Å². The summed E-state index contributed by atoms with van der Waals surface area (Å²) in [5.41, 5.74) is 0. The van der Waals surface area contributed by atoms with Crippen LogP contribution in [0.4, 0.5) is 0 Å². The van der Waals surface area contributed by atoms with Crippen molar-refractivity contribution < 1.29 is 19.4 Å². The number of nitrogens with one attached hydrogen (secondary N) is 1. The molecule has 0 saturated carbocycles. The molecule has 2 fully saturated rings. The number of likely N-dealkylation sites (N-methyl/N-ethyl adjacent to an activating group) is 1. The van der Waals surface area contributed by atoms with Crippen LogP contribution < -0.4 is 5.32 Å². The molecule has 2 aliphatic heterocycles. The third-order valence-electron chi connectivity index (χ3n) is 4.18. The number of carboxylic acids is 1. The number of amides is 1. The van der Waals surface area contributed by atoms with E-state index in [0.717, 1.165) is 6.54 Å². The molecule has 0 bridgehead atoms. The fourth-order valence-electron chi connectivity index (χ4n) is 2.71. The average molecular weight is 270 g/mol. The van der Waals surface area contributed by atoms with Crippen molar-refractivity contribution in [2.75, 3.05) is 32.8 Å². The van der Waals surface area contributed by atoms with Crippen LogP contribution in [0, 0.1) is 17.8 Å². The molecule has 2 heterocycles. The highest BCUT2D eigenvalue weighted by molar-refractivity contribution is 5.81. The Kier molecular flexibility index (Phi) is 4.42. The number of hydrogen-bond donors (Lipinski definition) is 2. The second-order valence-corrected chi connectivity index (χ2v) is 5.44. The second kappa shape index (κ2) is 5.88. The molecule has 1 amide bonds. The van der Waals surface area contributed by atoms with E-state index in [4.69, 9.17) is 9.84 Å². The maximum absolute atomic E-state index is 12.3. The second-order valence-electron chi connectivity index (χ2n) is 5.44. The molecule has 6 nitrogen and oxygen atoms in total. The van der Waals surface area contributed by atoms with E-state index in [1.807, 2.05) is 6.92 Å². The zero-order valence-corrected chi connectivity index (χ0v) is 11.5. The SMILES string of the molecule is CCNC1COCC1C(=O)N1CC(C(C)C(=O)O)C1. The van der Waals surface area contributed by atoms with Gasteiger partial charge < -0.3 is 20.1 Å². The molecule has 0 radical (unpaired) electrons. The molecule has 3 atom stereocenters. The van der Waals surface area contributed by atoms with Crippen molar-refractivity contribution in [3.63, 3.8) is 0 Å². The van der Waals surface area contributed by atoms with Gasteiger partial charge in [0.15, 0.2) is 0 Å².